The second-order valence-corrected chi connectivity index (χ2v) is 8.07. The highest BCUT2D eigenvalue weighted by atomic mass is 19.4. The van der Waals surface area contributed by atoms with Crippen LogP contribution in [0.2, 0.25) is 0 Å². The summed E-state index contributed by atoms with van der Waals surface area (Å²) in [7, 11) is 0. The molecule has 3 rings (SSSR count). The Hall–Kier alpha value is -3.30. The van der Waals surface area contributed by atoms with Gasteiger partial charge in [0, 0.05) is 11.5 Å². The van der Waals surface area contributed by atoms with Crippen LogP contribution in [-0.4, -0.2) is 37.4 Å². The molecule has 3 unspecified atom stereocenters. The minimum absolute atomic E-state index is 0.0470. The number of azide groups is 1. The smallest absolute Gasteiger partial charge is 0.349 e. The number of halogens is 7. The molecule has 1 fully saturated rings. The Kier molecular flexibility index (Phi) is 9.04. The molecule has 6 nitrogen and oxygen atoms in total. The fraction of sp³-hybridized carbons (Fsp3) is 0.417. The average molecular weight is 530 g/mol. The molecule has 3 atom stereocenters. The van der Waals surface area contributed by atoms with Gasteiger partial charge < -0.3 is 9.47 Å². The lowest BCUT2D eigenvalue weighted by atomic mass is 10.0. The third-order valence-corrected chi connectivity index (χ3v) is 5.56. The Balaban J connectivity index is 1.93. The highest BCUT2D eigenvalue weighted by molar-refractivity contribution is 5.34. The van der Waals surface area contributed by atoms with E-state index in [1.807, 2.05) is 4.90 Å². The van der Waals surface area contributed by atoms with Gasteiger partial charge in [-0.15, -0.1) is 0 Å². The molecule has 0 spiro atoms. The average Bonchev–Trinajstić information content (AvgIpc) is 2.83. The number of ether oxygens (including phenoxy) is 2. The Bertz CT molecular complexity index is 1150. The zero-order valence-electron chi connectivity index (χ0n) is 19.4. The van der Waals surface area contributed by atoms with Gasteiger partial charge in [-0.1, -0.05) is 29.1 Å². The first-order valence-corrected chi connectivity index (χ1v) is 10.9. The molecular weight excluding hydrogens is 509 g/mol. The summed E-state index contributed by atoms with van der Waals surface area (Å²) < 4.78 is 105. The van der Waals surface area contributed by atoms with Gasteiger partial charge in [-0.05, 0) is 53.9 Å². The Morgan fingerprint density at radius 3 is 2.27 bits per heavy atom. The maximum atomic E-state index is 13.5. The lowest BCUT2D eigenvalue weighted by Gasteiger charge is -2.41. The molecule has 0 aliphatic carbocycles. The number of hydrogen-bond acceptors (Lipinski definition) is 4. The summed E-state index contributed by atoms with van der Waals surface area (Å²) in [6.07, 6.45) is -12.4. The van der Waals surface area contributed by atoms with Crippen molar-refractivity contribution in [2.75, 3.05) is 26.2 Å². The summed E-state index contributed by atoms with van der Waals surface area (Å²) in [5.74, 6) is 5.00. The van der Waals surface area contributed by atoms with Crippen LogP contribution in [0, 0.1) is 17.7 Å². The van der Waals surface area contributed by atoms with E-state index in [4.69, 9.17) is 15.0 Å². The lowest BCUT2D eigenvalue weighted by Crippen LogP contribution is -2.46. The summed E-state index contributed by atoms with van der Waals surface area (Å²) in [4.78, 5) is 4.41. The molecule has 2 aromatic rings. The first-order chi connectivity index (χ1) is 17.4. The molecule has 0 amide bonds. The van der Waals surface area contributed by atoms with Crippen molar-refractivity contribution in [3.63, 3.8) is 0 Å². The third kappa shape index (κ3) is 7.60. The van der Waals surface area contributed by atoms with Gasteiger partial charge in [0.1, 0.15) is 5.82 Å². The molecule has 1 saturated heterocycles. The van der Waals surface area contributed by atoms with Crippen LogP contribution in [0.3, 0.4) is 0 Å². The van der Waals surface area contributed by atoms with E-state index in [2.05, 4.69) is 21.9 Å². The predicted octanol–water partition coefficient (Wildman–Crippen LogP) is 6.65. The fourth-order valence-corrected chi connectivity index (χ4v) is 3.78. The van der Waals surface area contributed by atoms with E-state index in [0.29, 0.717) is 24.2 Å². The van der Waals surface area contributed by atoms with Crippen LogP contribution in [-0.2, 0) is 21.8 Å². The van der Waals surface area contributed by atoms with E-state index in [-0.39, 0.29) is 31.3 Å². The zero-order valence-corrected chi connectivity index (χ0v) is 19.4. The molecule has 0 radical (unpaired) electrons. The number of nitrogens with zero attached hydrogens (tertiary/aromatic N) is 4. The van der Waals surface area contributed by atoms with Crippen molar-refractivity contribution in [2.45, 2.75) is 37.7 Å². The molecule has 1 aliphatic heterocycles. The van der Waals surface area contributed by atoms with Crippen molar-refractivity contribution >= 4 is 0 Å². The van der Waals surface area contributed by atoms with Gasteiger partial charge in [0.05, 0.1) is 43.0 Å². The number of benzene rings is 2. The van der Waals surface area contributed by atoms with Crippen LogP contribution in [0.15, 0.2) is 47.6 Å². The van der Waals surface area contributed by atoms with Crippen molar-refractivity contribution in [3.8, 4) is 11.8 Å². The normalized spacial score (nSPS) is 19.5. The van der Waals surface area contributed by atoms with Gasteiger partial charge in [-0.2, -0.15) is 26.3 Å². The molecular formula is C24H21F7N4O2. The Morgan fingerprint density at radius 1 is 1.08 bits per heavy atom. The highest BCUT2D eigenvalue weighted by Gasteiger charge is 2.39. The fourth-order valence-electron chi connectivity index (χ4n) is 3.78. The maximum absolute atomic E-state index is 13.5. The van der Waals surface area contributed by atoms with Crippen molar-refractivity contribution in [3.05, 3.63) is 81.0 Å². The molecule has 0 N–H and O–H groups in total. The van der Waals surface area contributed by atoms with Crippen LogP contribution >= 0.6 is 0 Å². The van der Waals surface area contributed by atoms with Gasteiger partial charge >= 0.3 is 12.4 Å². The molecule has 1 heterocycles. The van der Waals surface area contributed by atoms with E-state index in [0.717, 1.165) is 0 Å². The SMILES string of the molecule is CC(OC1OCCN(CC#CCN=[N+]=[N-])C1c1ccc(F)cc1)c1cc(C(F)(F)F)cc(C(F)(F)F)c1. The number of hydrogen-bond donors (Lipinski definition) is 0. The Labute approximate surface area is 207 Å². The topological polar surface area (TPSA) is 70.5 Å². The maximum Gasteiger partial charge on any atom is 0.416 e. The molecule has 0 aromatic heterocycles. The number of morpholine rings is 1. The number of rotatable bonds is 6. The minimum atomic E-state index is -5.00. The zero-order chi connectivity index (χ0) is 27.2. The summed E-state index contributed by atoms with van der Waals surface area (Å²) in [6, 6.07) is 5.91. The summed E-state index contributed by atoms with van der Waals surface area (Å²) in [5, 5.41) is 3.32. The van der Waals surface area contributed by atoms with Crippen molar-refractivity contribution < 1.29 is 40.2 Å². The second-order valence-electron chi connectivity index (χ2n) is 8.07. The van der Waals surface area contributed by atoms with E-state index in [1.54, 1.807) is 0 Å². The van der Waals surface area contributed by atoms with Gasteiger partial charge in [-0.25, -0.2) is 4.39 Å². The quantitative estimate of drug-likeness (QED) is 0.138. The van der Waals surface area contributed by atoms with Crippen molar-refractivity contribution in [2.24, 2.45) is 5.11 Å². The molecule has 13 heteroatoms. The van der Waals surface area contributed by atoms with Crippen molar-refractivity contribution in [1.82, 2.24) is 4.90 Å². The molecule has 37 heavy (non-hydrogen) atoms. The Morgan fingerprint density at radius 2 is 1.70 bits per heavy atom. The van der Waals surface area contributed by atoms with Crippen LogP contribution in [0.5, 0.6) is 0 Å². The van der Waals surface area contributed by atoms with Crippen LogP contribution in [0.25, 0.3) is 10.4 Å². The molecule has 0 bridgehead atoms. The van der Waals surface area contributed by atoms with Crippen molar-refractivity contribution in [1.29, 1.82) is 0 Å². The first kappa shape index (κ1) is 28.3. The standard InChI is InChI=1S/C24H21F7N4O2/c1-15(17-12-18(23(26,27)28)14-19(13-17)24(29,30)31)37-22-21(16-4-6-20(25)7-5-16)35(10-11-36-22)9-3-2-8-33-34-32/h4-7,12-15,21-22H,8-11H2,1H3. The molecule has 2 aromatic carbocycles. The van der Waals surface area contributed by atoms with Crippen LogP contribution < -0.4 is 0 Å². The van der Waals surface area contributed by atoms with Gasteiger partial charge in [0.25, 0.3) is 0 Å². The lowest BCUT2D eigenvalue weighted by molar-refractivity contribution is -0.228. The highest BCUT2D eigenvalue weighted by Crippen LogP contribution is 2.39. The summed E-state index contributed by atoms with van der Waals surface area (Å²) in [6.45, 7) is 1.90. The van der Waals surface area contributed by atoms with Crippen LogP contribution in [0.1, 0.15) is 41.3 Å². The monoisotopic (exact) mass is 530 g/mol. The third-order valence-electron chi connectivity index (χ3n) is 5.56. The van der Waals surface area contributed by atoms with E-state index in [1.165, 1.54) is 31.2 Å². The van der Waals surface area contributed by atoms with E-state index in [9.17, 15) is 30.7 Å². The molecule has 0 saturated carbocycles. The first-order valence-electron chi connectivity index (χ1n) is 10.9. The molecule has 1 aliphatic rings. The number of alkyl halides is 6. The van der Waals surface area contributed by atoms with Gasteiger partial charge in [-0.3, -0.25) is 4.90 Å². The van der Waals surface area contributed by atoms with E-state index < -0.39 is 47.7 Å². The summed E-state index contributed by atoms with van der Waals surface area (Å²) in [5.41, 5.74) is 5.65. The van der Waals surface area contributed by atoms with Gasteiger partial charge in [0.2, 0.25) is 0 Å². The predicted molar refractivity (Wildman–Crippen MR) is 118 cm³/mol. The van der Waals surface area contributed by atoms with Crippen LogP contribution in [0.4, 0.5) is 30.7 Å². The second kappa shape index (κ2) is 11.8. The van der Waals surface area contributed by atoms with Gasteiger partial charge in [0.15, 0.2) is 6.29 Å². The largest absolute Gasteiger partial charge is 0.416 e. The molecule has 198 valence electrons. The van der Waals surface area contributed by atoms with E-state index >= 15 is 0 Å². The minimum Gasteiger partial charge on any atom is -0.349 e. The summed E-state index contributed by atoms with van der Waals surface area (Å²) >= 11 is 0.